The third-order valence-corrected chi connectivity index (χ3v) is 11.0. The van der Waals surface area contributed by atoms with Gasteiger partial charge in [0, 0.05) is 0 Å². The maximum absolute atomic E-state index is 6.50. The summed E-state index contributed by atoms with van der Waals surface area (Å²) in [6, 6.07) is 11.6. The molecule has 0 N–H and O–H groups in total. The average Bonchev–Trinajstić information content (AvgIpc) is 2.90. The average molecular weight is 466 g/mol. The predicted molar refractivity (Wildman–Crippen MR) is 113 cm³/mol. The minimum absolute atomic E-state index is 0.285. The van der Waals surface area contributed by atoms with E-state index >= 15 is 0 Å². The molecule has 0 spiro atoms. The summed E-state index contributed by atoms with van der Waals surface area (Å²) in [6.07, 6.45) is 2.32. The Kier molecular flexibility index (Phi) is 6.23. The fourth-order valence-corrected chi connectivity index (χ4v) is 9.54. The van der Waals surface area contributed by atoms with Crippen LogP contribution in [-0.2, 0) is 19.4 Å². The molecule has 0 amide bonds. The van der Waals surface area contributed by atoms with Gasteiger partial charge in [0.25, 0.3) is 0 Å². The molecule has 2 aromatic carbocycles. The molecular weight excluding hydrogens is 438 g/mol. The van der Waals surface area contributed by atoms with Gasteiger partial charge in [0.2, 0.25) is 0 Å². The Hall–Kier alpha value is -0.357. The number of halogens is 2. The van der Waals surface area contributed by atoms with Gasteiger partial charge in [-0.3, -0.25) is 0 Å². The van der Waals surface area contributed by atoms with Crippen LogP contribution < -0.4 is 0 Å². The van der Waals surface area contributed by atoms with Crippen LogP contribution in [0.3, 0.4) is 0 Å². The van der Waals surface area contributed by atoms with Crippen molar-refractivity contribution in [3.8, 4) is 11.1 Å². The van der Waals surface area contributed by atoms with E-state index < -0.39 is 19.4 Å². The van der Waals surface area contributed by atoms with Crippen LogP contribution in [-0.4, -0.2) is 0 Å². The standard InChI is InChI=1S/C23H27.2ClH.Zr/c1-14(2)19-11-20(15(3)4)13-21(12-19)23-17(6)7-8-18-9-16(5)10-22(18)23;;;/h7-15H,1-6H3;2*1H;/q;;;+2/p-2. The molecule has 0 bridgehead atoms. The Balaban J connectivity index is 2.26. The third kappa shape index (κ3) is 3.78. The summed E-state index contributed by atoms with van der Waals surface area (Å²) in [5.41, 5.74) is 10.8. The van der Waals surface area contributed by atoms with E-state index in [2.05, 4.69) is 78.0 Å². The first kappa shape index (κ1) is 20.4. The quantitative estimate of drug-likeness (QED) is 0.426. The number of aryl methyl sites for hydroxylation is 1. The van der Waals surface area contributed by atoms with Gasteiger partial charge in [0.15, 0.2) is 0 Å². The molecule has 3 rings (SSSR count). The molecule has 137 valence electrons. The summed E-state index contributed by atoms with van der Waals surface area (Å²) in [5.74, 6) is 1.03. The van der Waals surface area contributed by atoms with E-state index in [1.165, 1.54) is 44.5 Å². The van der Waals surface area contributed by atoms with Crippen molar-refractivity contribution >= 4 is 23.1 Å². The second-order valence-electron chi connectivity index (χ2n) is 8.07. The molecule has 1 aliphatic rings. The van der Waals surface area contributed by atoms with Crippen molar-refractivity contribution in [1.29, 1.82) is 0 Å². The molecule has 0 heterocycles. The zero-order valence-corrected chi connectivity index (χ0v) is 20.4. The van der Waals surface area contributed by atoms with E-state index in [-0.39, 0.29) is 3.63 Å². The van der Waals surface area contributed by atoms with Crippen LogP contribution in [0.25, 0.3) is 17.2 Å². The molecule has 0 nitrogen and oxygen atoms in total. The van der Waals surface area contributed by atoms with Crippen LogP contribution >= 0.6 is 17.0 Å². The number of allylic oxidation sites excluding steroid dienone is 1. The van der Waals surface area contributed by atoms with Gasteiger partial charge in [-0.2, -0.15) is 0 Å². The van der Waals surface area contributed by atoms with E-state index in [0.29, 0.717) is 11.8 Å². The van der Waals surface area contributed by atoms with Gasteiger partial charge in [0.1, 0.15) is 0 Å². The molecule has 26 heavy (non-hydrogen) atoms. The van der Waals surface area contributed by atoms with E-state index in [1.807, 2.05) is 0 Å². The third-order valence-electron chi connectivity index (χ3n) is 5.44. The van der Waals surface area contributed by atoms with Crippen LogP contribution in [0.15, 0.2) is 35.9 Å². The van der Waals surface area contributed by atoms with Gasteiger partial charge in [-0.25, -0.2) is 0 Å². The fraction of sp³-hybridized carbons (Fsp3) is 0.391. The minimum atomic E-state index is -2.41. The Morgan fingerprint density at radius 1 is 0.885 bits per heavy atom. The topological polar surface area (TPSA) is 0 Å². The Bertz CT molecular complexity index is 837. The zero-order valence-electron chi connectivity index (χ0n) is 16.5. The first-order chi connectivity index (χ1) is 12.2. The maximum atomic E-state index is 6.50. The summed E-state index contributed by atoms with van der Waals surface area (Å²) in [6.45, 7) is 13.5. The van der Waals surface area contributed by atoms with Crippen LogP contribution in [0.2, 0.25) is 0 Å². The molecule has 0 saturated carbocycles. The number of rotatable bonds is 4. The molecule has 0 fully saturated rings. The zero-order chi connectivity index (χ0) is 19.2. The van der Waals surface area contributed by atoms with Gasteiger partial charge >= 0.3 is 174 Å². The molecule has 3 heteroatoms. The van der Waals surface area contributed by atoms with Gasteiger partial charge in [-0.1, -0.05) is 0 Å². The summed E-state index contributed by atoms with van der Waals surface area (Å²) in [7, 11) is 13.0. The Morgan fingerprint density at radius 3 is 1.96 bits per heavy atom. The van der Waals surface area contributed by atoms with Crippen LogP contribution in [0.4, 0.5) is 0 Å². The van der Waals surface area contributed by atoms with Crippen molar-refractivity contribution in [3.05, 3.63) is 63.7 Å². The summed E-state index contributed by atoms with van der Waals surface area (Å²) < 4.78 is 0.285. The van der Waals surface area contributed by atoms with Crippen LogP contribution in [0.1, 0.15) is 77.9 Å². The number of hydrogen-bond donors (Lipinski definition) is 0. The molecule has 0 aromatic heterocycles. The number of fused-ring (bicyclic) bond motifs is 1. The second kappa shape index (κ2) is 7.94. The van der Waals surface area contributed by atoms with E-state index in [4.69, 9.17) is 17.0 Å². The number of hydrogen-bond acceptors (Lipinski definition) is 0. The van der Waals surface area contributed by atoms with Crippen molar-refractivity contribution in [2.75, 3.05) is 0 Å². The Labute approximate surface area is 173 Å². The van der Waals surface area contributed by atoms with Crippen LogP contribution in [0, 0.1) is 6.92 Å². The van der Waals surface area contributed by atoms with Gasteiger partial charge in [-0.05, 0) is 0 Å². The van der Waals surface area contributed by atoms with Crippen molar-refractivity contribution in [3.63, 3.8) is 0 Å². The monoisotopic (exact) mass is 463 g/mol. The molecule has 1 atom stereocenters. The predicted octanol–water partition coefficient (Wildman–Crippen LogP) is 8.29. The van der Waals surface area contributed by atoms with E-state index in [1.54, 1.807) is 0 Å². The summed E-state index contributed by atoms with van der Waals surface area (Å²) in [4.78, 5) is 0. The first-order valence-corrected chi connectivity index (χ1v) is 17.1. The molecule has 2 aromatic rings. The normalized spacial score (nSPS) is 16.2. The molecule has 0 radical (unpaired) electrons. The molecular formula is C23H27Cl2Zr. The molecule has 0 aliphatic heterocycles. The van der Waals surface area contributed by atoms with Crippen LogP contribution in [0.5, 0.6) is 0 Å². The number of benzene rings is 2. The molecule has 0 saturated heterocycles. The van der Waals surface area contributed by atoms with E-state index in [9.17, 15) is 0 Å². The first-order valence-electron chi connectivity index (χ1n) is 9.35. The van der Waals surface area contributed by atoms with Gasteiger partial charge in [0.05, 0.1) is 0 Å². The van der Waals surface area contributed by atoms with Gasteiger partial charge < -0.3 is 0 Å². The van der Waals surface area contributed by atoms with Crippen molar-refractivity contribution in [2.45, 2.75) is 57.0 Å². The summed E-state index contributed by atoms with van der Waals surface area (Å²) >= 11 is -2.41. The fourth-order valence-electron chi connectivity index (χ4n) is 3.87. The SMILES string of the molecule is CC1=Cc2c(ccc(C)c2-c2cc(C(C)C)cc(C(C)C)c2)[CH]1[Zr]([Cl])[Cl]. The van der Waals surface area contributed by atoms with Crippen molar-refractivity contribution in [2.24, 2.45) is 0 Å². The van der Waals surface area contributed by atoms with Crippen molar-refractivity contribution in [1.82, 2.24) is 0 Å². The molecule has 1 unspecified atom stereocenters. The van der Waals surface area contributed by atoms with E-state index in [0.717, 1.165) is 0 Å². The summed E-state index contributed by atoms with van der Waals surface area (Å²) in [5, 5.41) is 0. The second-order valence-corrected chi connectivity index (χ2v) is 16.9. The van der Waals surface area contributed by atoms with Gasteiger partial charge in [-0.15, -0.1) is 0 Å². The Morgan fingerprint density at radius 2 is 1.46 bits per heavy atom. The molecule has 1 aliphatic carbocycles. The van der Waals surface area contributed by atoms with Crippen molar-refractivity contribution < 1.29 is 19.4 Å².